The van der Waals surface area contributed by atoms with Crippen molar-refractivity contribution in [3.8, 4) is 28.4 Å². The molecule has 0 saturated carbocycles. The molecule has 36 heavy (non-hydrogen) atoms. The summed E-state index contributed by atoms with van der Waals surface area (Å²) < 4.78 is 20.9. The number of fused-ring (bicyclic) bond motifs is 1. The van der Waals surface area contributed by atoms with Gasteiger partial charge in [-0.05, 0) is 79.8 Å². The molecule has 0 saturated heterocycles. The van der Waals surface area contributed by atoms with Gasteiger partial charge in [0, 0.05) is 31.0 Å². The van der Waals surface area contributed by atoms with Crippen LogP contribution in [0.3, 0.4) is 0 Å². The summed E-state index contributed by atoms with van der Waals surface area (Å²) in [6.07, 6.45) is 3.74. The minimum atomic E-state index is -0.288. The highest BCUT2D eigenvalue weighted by molar-refractivity contribution is 5.80. The van der Waals surface area contributed by atoms with E-state index in [1.54, 1.807) is 25.4 Å². The summed E-state index contributed by atoms with van der Waals surface area (Å²) in [4.78, 5) is 16.2. The smallest absolute Gasteiger partial charge is 0.223 e. The third-order valence-corrected chi connectivity index (χ3v) is 5.81. The Labute approximate surface area is 209 Å². The van der Waals surface area contributed by atoms with E-state index < -0.39 is 0 Å². The molecule has 0 aliphatic carbocycles. The van der Waals surface area contributed by atoms with E-state index in [4.69, 9.17) is 14.7 Å². The Morgan fingerprint density at radius 2 is 1.72 bits per heavy atom. The van der Waals surface area contributed by atoms with Gasteiger partial charge in [0.15, 0.2) is 0 Å². The SMILES string of the molecule is COc1ccc(CNc2nccc(-c3c(-c4ccc(F)cc4)nc4cc(CN(C)C)ccn34)n2)cc1. The fourth-order valence-electron chi connectivity index (χ4n) is 4.10. The van der Waals surface area contributed by atoms with Crippen LogP contribution in [0.25, 0.3) is 28.3 Å². The average Bonchev–Trinajstić information content (AvgIpc) is 3.27. The molecule has 3 heterocycles. The van der Waals surface area contributed by atoms with Crippen molar-refractivity contribution >= 4 is 11.6 Å². The number of anilines is 1. The number of aromatic nitrogens is 4. The maximum atomic E-state index is 13.7. The van der Waals surface area contributed by atoms with Crippen LogP contribution < -0.4 is 10.1 Å². The van der Waals surface area contributed by atoms with Crippen molar-refractivity contribution in [2.24, 2.45) is 0 Å². The Kier molecular flexibility index (Phi) is 6.60. The number of hydrogen-bond acceptors (Lipinski definition) is 6. The van der Waals surface area contributed by atoms with Gasteiger partial charge in [-0.1, -0.05) is 12.1 Å². The summed E-state index contributed by atoms with van der Waals surface area (Å²) in [5.74, 6) is 1.03. The number of imidazole rings is 1. The maximum Gasteiger partial charge on any atom is 0.223 e. The average molecular weight is 483 g/mol. The standard InChI is InChI=1S/C28H27FN6O/c1-34(2)18-20-13-15-35-25(16-20)33-26(21-6-8-22(29)9-7-21)27(35)24-12-14-30-28(32-24)31-17-19-4-10-23(36-3)11-5-19/h4-16H,17-18H2,1-3H3,(H,30,31,32). The van der Waals surface area contributed by atoms with Crippen LogP contribution in [-0.2, 0) is 13.1 Å². The first-order chi connectivity index (χ1) is 17.5. The zero-order chi connectivity index (χ0) is 25.1. The summed E-state index contributed by atoms with van der Waals surface area (Å²) in [7, 11) is 5.72. The molecule has 0 unspecified atom stereocenters. The molecule has 0 aliphatic heterocycles. The fraction of sp³-hybridized carbons (Fsp3) is 0.179. The molecule has 0 spiro atoms. The number of halogens is 1. The van der Waals surface area contributed by atoms with Crippen LogP contribution in [0.5, 0.6) is 5.75 Å². The number of pyridine rings is 1. The zero-order valence-electron chi connectivity index (χ0n) is 20.4. The van der Waals surface area contributed by atoms with Crippen LogP contribution in [0.15, 0.2) is 79.1 Å². The lowest BCUT2D eigenvalue weighted by Crippen LogP contribution is -2.10. The first-order valence-electron chi connectivity index (χ1n) is 11.6. The van der Waals surface area contributed by atoms with Gasteiger partial charge in [0.2, 0.25) is 5.95 Å². The van der Waals surface area contributed by atoms with Gasteiger partial charge in [0.05, 0.1) is 24.2 Å². The van der Waals surface area contributed by atoms with E-state index in [2.05, 4.69) is 27.3 Å². The number of benzene rings is 2. The van der Waals surface area contributed by atoms with Gasteiger partial charge in [-0.15, -0.1) is 0 Å². The lowest BCUT2D eigenvalue weighted by Gasteiger charge is -2.11. The molecule has 2 aromatic carbocycles. The summed E-state index contributed by atoms with van der Waals surface area (Å²) in [6.45, 7) is 1.37. The van der Waals surface area contributed by atoms with Crippen molar-refractivity contribution in [2.75, 3.05) is 26.5 Å². The van der Waals surface area contributed by atoms with Crippen molar-refractivity contribution in [1.82, 2.24) is 24.3 Å². The van der Waals surface area contributed by atoms with Gasteiger partial charge in [0.25, 0.3) is 0 Å². The van der Waals surface area contributed by atoms with Gasteiger partial charge in [-0.3, -0.25) is 4.40 Å². The highest BCUT2D eigenvalue weighted by Gasteiger charge is 2.18. The maximum absolute atomic E-state index is 13.7. The number of nitrogens with zero attached hydrogens (tertiary/aromatic N) is 5. The van der Waals surface area contributed by atoms with Crippen molar-refractivity contribution in [3.05, 3.63) is 96.1 Å². The largest absolute Gasteiger partial charge is 0.497 e. The van der Waals surface area contributed by atoms with Crippen molar-refractivity contribution in [2.45, 2.75) is 13.1 Å². The third kappa shape index (κ3) is 5.04. The molecule has 5 rings (SSSR count). The highest BCUT2D eigenvalue weighted by Crippen LogP contribution is 2.32. The number of rotatable bonds is 8. The van der Waals surface area contributed by atoms with Crippen LogP contribution in [-0.4, -0.2) is 45.5 Å². The topological polar surface area (TPSA) is 67.6 Å². The lowest BCUT2D eigenvalue weighted by molar-refractivity contribution is 0.402. The van der Waals surface area contributed by atoms with Crippen molar-refractivity contribution < 1.29 is 9.13 Å². The second kappa shape index (κ2) is 10.1. The monoisotopic (exact) mass is 482 g/mol. The number of methoxy groups -OCH3 is 1. The van der Waals surface area contributed by atoms with Crippen LogP contribution in [0.1, 0.15) is 11.1 Å². The number of hydrogen-bond donors (Lipinski definition) is 1. The quantitative estimate of drug-likeness (QED) is 0.325. The van der Waals surface area contributed by atoms with Gasteiger partial charge >= 0.3 is 0 Å². The van der Waals surface area contributed by atoms with Crippen molar-refractivity contribution in [1.29, 1.82) is 0 Å². The molecular formula is C28H27FN6O. The number of ether oxygens (including phenoxy) is 1. The molecule has 7 nitrogen and oxygen atoms in total. The molecule has 0 aliphatic rings. The van der Waals surface area contributed by atoms with E-state index in [0.717, 1.165) is 51.7 Å². The van der Waals surface area contributed by atoms with Gasteiger partial charge in [0.1, 0.15) is 17.2 Å². The van der Waals surface area contributed by atoms with Crippen LogP contribution in [0.4, 0.5) is 10.3 Å². The predicted octanol–water partition coefficient (Wildman–Crippen LogP) is 5.28. The Bertz CT molecular complexity index is 1480. The Morgan fingerprint density at radius 3 is 2.44 bits per heavy atom. The van der Waals surface area contributed by atoms with Crippen molar-refractivity contribution in [3.63, 3.8) is 0 Å². The van der Waals surface area contributed by atoms with Crippen LogP contribution in [0.2, 0.25) is 0 Å². The van der Waals surface area contributed by atoms with Gasteiger partial charge < -0.3 is 15.0 Å². The summed E-state index contributed by atoms with van der Waals surface area (Å²) >= 11 is 0. The van der Waals surface area contributed by atoms with Crippen LogP contribution >= 0.6 is 0 Å². The molecule has 8 heteroatoms. The second-order valence-corrected chi connectivity index (χ2v) is 8.78. The normalized spacial score (nSPS) is 11.2. The first-order valence-corrected chi connectivity index (χ1v) is 11.6. The molecule has 5 aromatic rings. The summed E-state index contributed by atoms with van der Waals surface area (Å²) in [6, 6.07) is 20.2. The van der Waals surface area contributed by atoms with E-state index in [1.165, 1.54) is 12.1 Å². The molecule has 3 aromatic heterocycles. The molecule has 1 N–H and O–H groups in total. The molecule has 0 amide bonds. The van der Waals surface area contributed by atoms with E-state index >= 15 is 0 Å². The molecular weight excluding hydrogens is 455 g/mol. The molecule has 0 atom stereocenters. The molecule has 0 bridgehead atoms. The third-order valence-electron chi connectivity index (χ3n) is 5.81. The van der Waals surface area contributed by atoms with Gasteiger partial charge in [-0.2, -0.15) is 0 Å². The Hall–Kier alpha value is -4.30. The van der Waals surface area contributed by atoms with E-state index in [-0.39, 0.29) is 5.82 Å². The molecule has 0 radical (unpaired) electrons. The second-order valence-electron chi connectivity index (χ2n) is 8.78. The minimum absolute atomic E-state index is 0.288. The predicted molar refractivity (Wildman–Crippen MR) is 139 cm³/mol. The highest BCUT2D eigenvalue weighted by atomic mass is 19.1. The van der Waals surface area contributed by atoms with E-state index in [1.807, 2.05) is 55.0 Å². The van der Waals surface area contributed by atoms with Crippen LogP contribution in [0, 0.1) is 5.82 Å². The lowest BCUT2D eigenvalue weighted by atomic mass is 10.1. The summed E-state index contributed by atoms with van der Waals surface area (Å²) in [5.41, 5.74) is 6.12. The van der Waals surface area contributed by atoms with E-state index in [9.17, 15) is 4.39 Å². The van der Waals surface area contributed by atoms with Gasteiger partial charge in [-0.25, -0.2) is 19.3 Å². The first kappa shape index (κ1) is 23.4. The summed E-state index contributed by atoms with van der Waals surface area (Å²) in [5, 5.41) is 3.30. The number of nitrogens with one attached hydrogen (secondary N) is 1. The molecule has 0 fully saturated rings. The molecule has 182 valence electrons. The fourth-order valence-corrected chi connectivity index (χ4v) is 4.10. The Balaban J connectivity index is 1.53. The van der Waals surface area contributed by atoms with E-state index in [0.29, 0.717) is 12.5 Å². The zero-order valence-corrected chi connectivity index (χ0v) is 20.4. The Morgan fingerprint density at radius 1 is 0.944 bits per heavy atom. The minimum Gasteiger partial charge on any atom is -0.497 e.